The van der Waals surface area contributed by atoms with Crippen LogP contribution in [0.2, 0.25) is 0 Å². The highest BCUT2D eigenvalue weighted by Crippen LogP contribution is 2.30. The summed E-state index contributed by atoms with van der Waals surface area (Å²) in [6.07, 6.45) is 4.33. The van der Waals surface area contributed by atoms with Crippen LogP contribution in [0, 0.1) is 17.0 Å². The lowest BCUT2D eigenvalue weighted by Crippen LogP contribution is -2.41. The second kappa shape index (κ2) is 6.22. The number of aryl methyl sites for hydroxylation is 1. The summed E-state index contributed by atoms with van der Waals surface area (Å²) in [6.45, 7) is 4.84. The van der Waals surface area contributed by atoms with Gasteiger partial charge in [0.1, 0.15) is 0 Å². The SMILES string of the molecule is CCN(c1ccc([N+](=O)[O-])c(C)c1)C1CCC(N)CC1. The summed E-state index contributed by atoms with van der Waals surface area (Å²) in [5, 5.41) is 10.9. The van der Waals surface area contributed by atoms with Crippen molar-refractivity contribution in [2.75, 3.05) is 11.4 Å². The molecule has 0 saturated heterocycles. The molecule has 1 aromatic rings. The average molecular weight is 277 g/mol. The Morgan fingerprint density at radius 1 is 1.35 bits per heavy atom. The third-order valence-electron chi connectivity index (χ3n) is 4.23. The minimum atomic E-state index is -0.324. The normalized spacial score (nSPS) is 22.6. The van der Waals surface area contributed by atoms with E-state index in [2.05, 4.69) is 11.8 Å². The number of nitro groups is 1. The molecule has 0 spiro atoms. The Labute approximate surface area is 119 Å². The molecule has 20 heavy (non-hydrogen) atoms. The van der Waals surface area contributed by atoms with Gasteiger partial charge in [0.05, 0.1) is 4.92 Å². The quantitative estimate of drug-likeness (QED) is 0.678. The standard InChI is InChI=1S/C15H23N3O2/c1-3-17(13-6-4-12(16)5-7-13)14-8-9-15(18(19)20)11(2)10-14/h8-10,12-13H,3-7,16H2,1-2H3. The molecule has 1 aromatic carbocycles. The van der Waals surface area contributed by atoms with Gasteiger partial charge in [0.15, 0.2) is 0 Å². The van der Waals surface area contributed by atoms with E-state index in [0.29, 0.717) is 12.1 Å². The number of nitro benzene ring substituents is 1. The second-order valence-corrected chi connectivity index (χ2v) is 5.58. The van der Waals surface area contributed by atoms with E-state index >= 15 is 0 Å². The lowest BCUT2D eigenvalue weighted by atomic mass is 9.90. The van der Waals surface area contributed by atoms with E-state index in [9.17, 15) is 10.1 Å². The molecule has 2 N–H and O–H groups in total. The molecule has 0 aliphatic heterocycles. The van der Waals surface area contributed by atoms with E-state index in [1.807, 2.05) is 12.1 Å². The maximum Gasteiger partial charge on any atom is 0.272 e. The first-order valence-electron chi connectivity index (χ1n) is 7.30. The van der Waals surface area contributed by atoms with Gasteiger partial charge in [-0.3, -0.25) is 10.1 Å². The van der Waals surface area contributed by atoms with Gasteiger partial charge in [-0.15, -0.1) is 0 Å². The minimum Gasteiger partial charge on any atom is -0.369 e. The van der Waals surface area contributed by atoms with Gasteiger partial charge in [-0.2, -0.15) is 0 Å². The molecule has 1 aliphatic carbocycles. The van der Waals surface area contributed by atoms with Crippen LogP contribution in [0.15, 0.2) is 18.2 Å². The molecule has 0 radical (unpaired) electrons. The van der Waals surface area contributed by atoms with Crippen molar-refractivity contribution >= 4 is 11.4 Å². The van der Waals surface area contributed by atoms with E-state index in [0.717, 1.165) is 43.5 Å². The summed E-state index contributed by atoms with van der Waals surface area (Å²) < 4.78 is 0. The van der Waals surface area contributed by atoms with Crippen molar-refractivity contribution in [2.24, 2.45) is 5.73 Å². The number of rotatable bonds is 4. The Morgan fingerprint density at radius 3 is 2.50 bits per heavy atom. The highest BCUT2D eigenvalue weighted by molar-refractivity contribution is 5.55. The van der Waals surface area contributed by atoms with Crippen LogP contribution in [0.1, 0.15) is 38.2 Å². The molecule has 0 bridgehead atoms. The zero-order valence-electron chi connectivity index (χ0n) is 12.2. The Balaban J connectivity index is 2.19. The molecule has 1 aliphatic rings. The highest BCUT2D eigenvalue weighted by atomic mass is 16.6. The minimum absolute atomic E-state index is 0.190. The van der Waals surface area contributed by atoms with Gasteiger partial charge in [-0.25, -0.2) is 0 Å². The van der Waals surface area contributed by atoms with Crippen LogP contribution >= 0.6 is 0 Å². The van der Waals surface area contributed by atoms with Crippen LogP contribution in [0.4, 0.5) is 11.4 Å². The third-order valence-corrected chi connectivity index (χ3v) is 4.23. The molecular formula is C15H23N3O2. The molecule has 0 amide bonds. The first-order chi connectivity index (χ1) is 9.52. The number of benzene rings is 1. The van der Waals surface area contributed by atoms with E-state index in [4.69, 9.17) is 5.73 Å². The number of nitrogens with two attached hydrogens (primary N) is 1. The molecule has 0 aromatic heterocycles. The van der Waals surface area contributed by atoms with Crippen LogP contribution in [0.3, 0.4) is 0 Å². The van der Waals surface area contributed by atoms with Crippen molar-refractivity contribution in [1.82, 2.24) is 0 Å². The fourth-order valence-electron chi connectivity index (χ4n) is 3.09. The Bertz CT molecular complexity index is 482. The van der Waals surface area contributed by atoms with E-state index in [1.54, 1.807) is 13.0 Å². The largest absolute Gasteiger partial charge is 0.369 e. The van der Waals surface area contributed by atoms with Crippen molar-refractivity contribution in [2.45, 2.75) is 51.6 Å². The van der Waals surface area contributed by atoms with Crippen molar-refractivity contribution in [1.29, 1.82) is 0 Å². The number of hydrogen-bond donors (Lipinski definition) is 1. The predicted octanol–water partition coefficient (Wildman–Crippen LogP) is 3.00. The van der Waals surface area contributed by atoms with E-state index in [1.165, 1.54) is 0 Å². The first-order valence-corrected chi connectivity index (χ1v) is 7.30. The topological polar surface area (TPSA) is 72.4 Å². The lowest BCUT2D eigenvalue weighted by Gasteiger charge is -2.37. The zero-order valence-corrected chi connectivity index (χ0v) is 12.2. The molecule has 5 nitrogen and oxygen atoms in total. The average Bonchev–Trinajstić information content (AvgIpc) is 2.41. The Morgan fingerprint density at radius 2 is 2.00 bits per heavy atom. The van der Waals surface area contributed by atoms with Crippen molar-refractivity contribution in [3.63, 3.8) is 0 Å². The molecule has 1 fully saturated rings. The van der Waals surface area contributed by atoms with E-state index < -0.39 is 0 Å². The molecule has 110 valence electrons. The number of nitrogens with zero attached hydrogens (tertiary/aromatic N) is 2. The highest BCUT2D eigenvalue weighted by Gasteiger charge is 2.24. The van der Waals surface area contributed by atoms with Crippen molar-refractivity contribution in [3.05, 3.63) is 33.9 Å². The van der Waals surface area contributed by atoms with Gasteiger partial charge in [-0.1, -0.05) is 0 Å². The number of anilines is 1. The van der Waals surface area contributed by atoms with Gasteiger partial charge in [0, 0.05) is 35.9 Å². The summed E-state index contributed by atoms with van der Waals surface area (Å²) in [7, 11) is 0. The Kier molecular flexibility index (Phi) is 4.60. The number of hydrogen-bond acceptors (Lipinski definition) is 4. The summed E-state index contributed by atoms with van der Waals surface area (Å²) in [5.74, 6) is 0. The molecule has 1 saturated carbocycles. The summed E-state index contributed by atoms with van der Waals surface area (Å²) in [4.78, 5) is 12.9. The first kappa shape index (κ1) is 14.8. The second-order valence-electron chi connectivity index (χ2n) is 5.58. The fraction of sp³-hybridized carbons (Fsp3) is 0.600. The van der Waals surface area contributed by atoms with Gasteiger partial charge in [0.25, 0.3) is 5.69 Å². The molecule has 0 heterocycles. The smallest absolute Gasteiger partial charge is 0.272 e. The van der Waals surface area contributed by atoms with Crippen molar-refractivity contribution in [3.8, 4) is 0 Å². The molecular weight excluding hydrogens is 254 g/mol. The summed E-state index contributed by atoms with van der Waals surface area (Å²) in [6, 6.07) is 6.24. The van der Waals surface area contributed by atoms with Crippen molar-refractivity contribution < 1.29 is 4.92 Å². The van der Waals surface area contributed by atoms with Crippen LogP contribution < -0.4 is 10.6 Å². The van der Waals surface area contributed by atoms with Gasteiger partial charge in [0.2, 0.25) is 0 Å². The Hall–Kier alpha value is -1.62. The fourth-order valence-corrected chi connectivity index (χ4v) is 3.09. The summed E-state index contributed by atoms with van der Waals surface area (Å²) in [5.41, 5.74) is 7.95. The van der Waals surface area contributed by atoms with Gasteiger partial charge >= 0.3 is 0 Å². The van der Waals surface area contributed by atoms with Gasteiger partial charge in [-0.05, 0) is 51.7 Å². The summed E-state index contributed by atoms with van der Waals surface area (Å²) >= 11 is 0. The zero-order chi connectivity index (χ0) is 14.7. The molecule has 0 atom stereocenters. The monoisotopic (exact) mass is 277 g/mol. The molecule has 0 unspecified atom stereocenters. The predicted molar refractivity (Wildman–Crippen MR) is 81.1 cm³/mol. The van der Waals surface area contributed by atoms with Crippen LogP contribution in [0.25, 0.3) is 0 Å². The van der Waals surface area contributed by atoms with Crippen LogP contribution in [0.5, 0.6) is 0 Å². The third kappa shape index (κ3) is 3.10. The van der Waals surface area contributed by atoms with E-state index in [-0.39, 0.29) is 10.6 Å². The van der Waals surface area contributed by atoms with Crippen LogP contribution in [-0.2, 0) is 0 Å². The maximum absolute atomic E-state index is 10.9. The molecule has 2 rings (SSSR count). The molecule has 5 heteroatoms. The lowest BCUT2D eigenvalue weighted by molar-refractivity contribution is -0.385. The van der Waals surface area contributed by atoms with Crippen LogP contribution in [-0.4, -0.2) is 23.6 Å². The van der Waals surface area contributed by atoms with Gasteiger partial charge < -0.3 is 10.6 Å². The maximum atomic E-state index is 10.9.